The normalized spacial score (nSPS) is 11.3. The van der Waals surface area contributed by atoms with Crippen LogP contribution in [0.4, 0.5) is 13.2 Å². The molecule has 0 spiro atoms. The van der Waals surface area contributed by atoms with Crippen molar-refractivity contribution in [2.24, 2.45) is 0 Å². The molecule has 0 amide bonds. The number of hydrogen-bond acceptors (Lipinski definition) is 5. The molecule has 1 aromatic carbocycles. The molecule has 1 aliphatic heterocycles. The smallest absolute Gasteiger partial charge is 0.303 e. The summed E-state index contributed by atoms with van der Waals surface area (Å²) in [6.07, 6.45) is -0.638. The maximum atomic E-state index is 14.2. The van der Waals surface area contributed by atoms with E-state index in [0.29, 0.717) is 6.07 Å². The Morgan fingerprint density at radius 1 is 1.21 bits per heavy atom. The van der Waals surface area contributed by atoms with Crippen molar-refractivity contribution in [1.82, 2.24) is 4.98 Å². The maximum Gasteiger partial charge on any atom is 0.303 e. The third-order valence-corrected chi connectivity index (χ3v) is 3.42. The highest BCUT2D eigenvalue weighted by atomic mass is 19.1. The molecular weight excluding hydrogens is 331 g/mol. The van der Waals surface area contributed by atoms with E-state index in [1.54, 1.807) is 0 Å². The van der Waals surface area contributed by atoms with Crippen molar-refractivity contribution in [3.05, 3.63) is 45.4 Å². The van der Waals surface area contributed by atoms with Crippen LogP contribution in [0.15, 0.2) is 21.3 Å². The molecule has 1 heterocycles. The molecule has 0 atom stereocenters. The van der Waals surface area contributed by atoms with E-state index in [1.165, 1.54) is 0 Å². The quantitative estimate of drug-likeness (QED) is 0.711. The molecule has 1 aromatic rings. The van der Waals surface area contributed by atoms with Gasteiger partial charge in [-0.2, -0.15) is 8.78 Å². The van der Waals surface area contributed by atoms with E-state index in [0.717, 1.165) is 6.07 Å². The number of carboxylic acids is 1. The summed E-state index contributed by atoms with van der Waals surface area (Å²) in [6, 6.07) is 1.80. The fourth-order valence-electron chi connectivity index (χ4n) is 2.25. The van der Waals surface area contributed by atoms with E-state index >= 15 is 0 Å². The van der Waals surface area contributed by atoms with Gasteiger partial charge in [-0.15, -0.1) is 0 Å². The molecule has 2 aliphatic rings. The monoisotopic (exact) mass is 339 g/mol. The minimum atomic E-state index is -1.47. The molecule has 9 heteroatoms. The zero-order valence-electron chi connectivity index (χ0n) is 11.8. The van der Waals surface area contributed by atoms with Crippen LogP contribution in [0, 0.1) is 17.5 Å². The van der Waals surface area contributed by atoms with E-state index in [-0.39, 0.29) is 23.2 Å². The van der Waals surface area contributed by atoms with Crippen molar-refractivity contribution in [1.29, 1.82) is 0 Å². The summed E-state index contributed by atoms with van der Waals surface area (Å²) in [7, 11) is 0. The summed E-state index contributed by atoms with van der Waals surface area (Å²) in [6.45, 7) is 0. The lowest BCUT2D eigenvalue weighted by Crippen LogP contribution is -2.17. The van der Waals surface area contributed by atoms with Gasteiger partial charge in [0.1, 0.15) is 11.2 Å². The van der Waals surface area contributed by atoms with E-state index in [1.807, 2.05) is 0 Å². The van der Waals surface area contributed by atoms with Crippen LogP contribution in [0.1, 0.15) is 12.0 Å². The Bertz CT molecular complexity index is 1010. The number of aryl methyl sites for hydroxylation is 1. The molecule has 24 heavy (non-hydrogen) atoms. The predicted octanol–water partition coefficient (Wildman–Crippen LogP) is 2.43. The second kappa shape index (κ2) is 5.52. The number of carboxylic acid groups (broad SMARTS) is 1. The molecule has 0 radical (unpaired) electrons. The highest BCUT2D eigenvalue weighted by Gasteiger charge is 2.24. The summed E-state index contributed by atoms with van der Waals surface area (Å²) in [5.41, 5.74) is -2.50. The van der Waals surface area contributed by atoms with Gasteiger partial charge in [-0.1, -0.05) is 0 Å². The molecular formula is C15H8F3NO5. The lowest BCUT2D eigenvalue weighted by atomic mass is 10.1. The Labute approximate surface area is 131 Å². The lowest BCUT2D eigenvalue weighted by Gasteiger charge is -2.10. The maximum absolute atomic E-state index is 14.2. The first-order chi connectivity index (χ1) is 11.3. The molecule has 1 aliphatic carbocycles. The van der Waals surface area contributed by atoms with Crippen LogP contribution in [0.5, 0.6) is 5.75 Å². The van der Waals surface area contributed by atoms with Gasteiger partial charge >= 0.3 is 5.97 Å². The molecule has 2 N–H and O–H groups in total. The number of phenolic OH excluding ortho intramolecular Hbond substituents is 1. The van der Waals surface area contributed by atoms with Crippen LogP contribution in [0.2, 0.25) is 0 Å². The Morgan fingerprint density at radius 3 is 2.58 bits per heavy atom. The number of carbonyl (C=O) groups is 1. The van der Waals surface area contributed by atoms with Crippen LogP contribution >= 0.6 is 0 Å². The zero-order chi connectivity index (χ0) is 17.6. The summed E-state index contributed by atoms with van der Waals surface area (Å²) in [5, 5.41) is 17.9. The summed E-state index contributed by atoms with van der Waals surface area (Å²) >= 11 is 0. The van der Waals surface area contributed by atoms with Gasteiger partial charge in [-0.3, -0.25) is 9.59 Å². The van der Waals surface area contributed by atoms with Gasteiger partial charge in [0.15, 0.2) is 22.9 Å². The number of aromatic hydroxyl groups is 1. The number of hydrogen-bond donors (Lipinski definition) is 2. The average molecular weight is 339 g/mol. The number of phenols is 1. The summed E-state index contributed by atoms with van der Waals surface area (Å²) in [5.74, 6) is -7.28. The first-order valence-corrected chi connectivity index (χ1v) is 6.64. The molecule has 0 fully saturated rings. The minimum Gasteiger partial charge on any atom is -0.503 e. The molecule has 0 saturated heterocycles. The number of fused-ring (bicyclic) bond motifs is 2. The van der Waals surface area contributed by atoms with Crippen molar-refractivity contribution in [3.63, 3.8) is 0 Å². The fourth-order valence-corrected chi connectivity index (χ4v) is 2.25. The van der Waals surface area contributed by atoms with Gasteiger partial charge in [0.25, 0.3) is 0 Å². The largest absolute Gasteiger partial charge is 0.503 e. The van der Waals surface area contributed by atoms with Gasteiger partial charge < -0.3 is 14.6 Å². The van der Waals surface area contributed by atoms with Crippen LogP contribution in [-0.4, -0.2) is 21.2 Å². The molecule has 3 rings (SSSR count). The Kier molecular flexibility index (Phi) is 3.63. The van der Waals surface area contributed by atoms with Crippen molar-refractivity contribution >= 4 is 17.1 Å². The molecule has 0 unspecified atom stereocenters. The molecule has 0 saturated carbocycles. The summed E-state index contributed by atoms with van der Waals surface area (Å²) in [4.78, 5) is 26.3. The van der Waals surface area contributed by atoms with E-state index in [2.05, 4.69) is 4.98 Å². The Morgan fingerprint density at radius 2 is 1.92 bits per heavy atom. The van der Waals surface area contributed by atoms with Gasteiger partial charge in [0.2, 0.25) is 17.1 Å². The van der Waals surface area contributed by atoms with E-state index < -0.39 is 52.4 Å². The van der Waals surface area contributed by atoms with Crippen molar-refractivity contribution < 1.29 is 32.6 Å². The number of halogens is 3. The van der Waals surface area contributed by atoms with Gasteiger partial charge in [-0.25, -0.2) is 9.37 Å². The topological polar surface area (TPSA) is 101 Å². The SMILES string of the molecule is O=C(O)CCc1cc2nc3cc(F)c(O)c(F)c3oc-2c(F)c1=O. The first kappa shape index (κ1) is 15.8. The van der Waals surface area contributed by atoms with Crippen molar-refractivity contribution in [2.75, 3.05) is 0 Å². The van der Waals surface area contributed by atoms with Crippen LogP contribution in [-0.2, 0) is 11.2 Å². The molecule has 0 bridgehead atoms. The van der Waals surface area contributed by atoms with Crippen molar-refractivity contribution in [3.8, 4) is 17.2 Å². The predicted molar refractivity (Wildman–Crippen MR) is 74.4 cm³/mol. The van der Waals surface area contributed by atoms with Crippen LogP contribution in [0.25, 0.3) is 22.6 Å². The van der Waals surface area contributed by atoms with Crippen LogP contribution < -0.4 is 5.43 Å². The Hall–Kier alpha value is -3.10. The van der Waals surface area contributed by atoms with Gasteiger partial charge in [0.05, 0.1) is 0 Å². The van der Waals surface area contributed by atoms with Gasteiger partial charge in [0, 0.05) is 18.1 Å². The second-order valence-electron chi connectivity index (χ2n) is 5.00. The lowest BCUT2D eigenvalue weighted by molar-refractivity contribution is -0.136. The number of aliphatic carboxylic acids is 1. The second-order valence-corrected chi connectivity index (χ2v) is 5.00. The minimum absolute atomic E-state index is 0.149. The highest BCUT2D eigenvalue weighted by Crippen LogP contribution is 2.33. The van der Waals surface area contributed by atoms with E-state index in [9.17, 15) is 27.9 Å². The van der Waals surface area contributed by atoms with Crippen molar-refractivity contribution in [2.45, 2.75) is 12.8 Å². The third-order valence-electron chi connectivity index (χ3n) is 3.42. The number of rotatable bonds is 3. The molecule has 6 nitrogen and oxygen atoms in total. The van der Waals surface area contributed by atoms with Crippen LogP contribution in [0.3, 0.4) is 0 Å². The molecule has 124 valence electrons. The Balaban J connectivity index is 2.30. The summed E-state index contributed by atoms with van der Waals surface area (Å²) < 4.78 is 46.3. The third kappa shape index (κ3) is 2.43. The fraction of sp³-hybridized carbons (Fsp3) is 0.133. The number of benzene rings is 2. The highest BCUT2D eigenvalue weighted by molar-refractivity contribution is 5.79. The zero-order valence-corrected chi connectivity index (χ0v) is 11.8. The average Bonchev–Trinajstić information content (AvgIpc) is 2.53. The molecule has 0 aromatic heterocycles. The van der Waals surface area contributed by atoms with E-state index in [4.69, 9.17) is 9.52 Å². The number of aromatic nitrogens is 1. The number of nitrogens with zero attached hydrogens (tertiary/aromatic N) is 1. The standard InChI is InChI=1S/C15H8F3NO5/c16-6-4-8-15(11(18)13(6)23)24-14-7(19-8)3-5(1-2-9(20)21)12(22)10(14)17/h3-4,23H,1-2H2,(H,20,21). The first-order valence-electron chi connectivity index (χ1n) is 6.64. The van der Waals surface area contributed by atoms with Gasteiger partial charge in [-0.05, 0) is 12.5 Å².